The molecule has 0 saturated heterocycles. The van der Waals surface area contributed by atoms with Crippen LogP contribution in [0.25, 0.3) is 0 Å². The van der Waals surface area contributed by atoms with Crippen molar-refractivity contribution < 1.29 is 9.90 Å². The number of benzene rings is 1. The molecule has 0 spiro atoms. The second kappa shape index (κ2) is 8.50. The van der Waals surface area contributed by atoms with E-state index in [1.54, 1.807) is 0 Å². The summed E-state index contributed by atoms with van der Waals surface area (Å²) < 4.78 is 0. The fraction of sp³-hybridized carbons (Fsp3) is 0.375. The normalized spacial score (nSPS) is 11.8. The molecular weight excluding hydrogens is 312 g/mol. The highest BCUT2D eigenvalue weighted by Gasteiger charge is 2.14. The molecule has 0 aliphatic rings. The Kier molecular flexibility index (Phi) is 6.37. The van der Waals surface area contributed by atoms with Gasteiger partial charge in [-0.15, -0.1) is 11.3 Å². The Morgan fingerprint density at radius 1 is 1.35 bits per heavy atom. The van der Waals surface area contributed by atoms with Crippen LogP contribution in [-0.4, -0.2) is 36.8 Å². The van der Waals surface area contributed by atoms with E-state index < -0.39 is 0 Å². The molecule has 1 aromatic heterocycles. The standard InChI is InChI=1S/C16H22N4O2S/c1-20(2)16-18-13(11-23-16)10-17-15(22)19-14(8-9-21)12-6-4-3-5-7-12/h3-7,11,14,21H,8-10H2,1-2H3,(H2,17,19,22)/t14-/m1/s1. The lowest BCUT2D eigenvalue weighted by atomic mass is 10.0. The number of anilines is 1. The quantitative estimate of drug-likeness (QED) is 0.725. The molecule has 0 saturated carbocycles. The number of hydrogen-bond acceptors (Lipinski definition) is 5. The van der Waals surface area contributed by atoms with Crippen LogP contribution in [0.3, 0.4) is 0 Å². The number of aliphatic hydroxyl groups is 1. The van der Waals surface area contributed by atoms with Crippen LogP contribution in [0.15, 0.2) is 35.7 Å². The largest absolute Gasteiger partial charge is 0.396 e. The fourth-order valence-corrected chi connectivity index (χ4v) is 2.86. The molecule has 7 heteroatoms. The van der Waals surface area contributed by atoms with Gasteiger partial charge in [0, 0.05) is 26.1 Å². The molecule has 2 aromatic rings. The summed E-state index contributed by atoms with van der Waals surface area (Å²) in [4.78, 5) is 18.4. The van der Waals surface area contributed by atoms with Crippen molar-refractivity contribution in [1.82, 2.24) is 15.6 Å². The Balaban J connectivity index is 1.89. The van der Waals surface area contributed by atoms with Gasteiger partial charge in [0.2, 0.25) is 0 Å². The average molecular weight is 334 g/mol. The number of thiazole rings is 1. The number of carbonyl (C=O) groups excluding carboxylic acids is 1. The van der Waals surface area contributed by atoms with E-state index in [9.17, 15) is 9.90 Å². The predicted molar refractivity (Wildman–Crippen MR) is 92.7 cm³/mol. The molecule has 1 atom stereocenters. The van der Waals surface area contributed by atoms with E-state index in [2.05, 4.69) is 15.6 Å². The monoisotopic (exact) mass is 334 g/mol. The number of nitrogens with zero attached hydrogens (tertiary/aromatic N) is 2. The molecule has 0 radical (unpaired) electrons. The molecule has 0 aliphatic heterocycles. The minimum atomic E-state index is -0.272. The number of amides is 2. The summed E-state index contributed by atoms with van der Waals surface area (Å²) in [5.74, 6) is 0. The summed E-state index contributed by atoms with van der Waals surface area (Å²) >= 11 is 1.54. The molecule has 124 valence electrons. The first kappa shape index (κ1) is 17.2. The van der Waals surface area contributed by atoms with Gasteiger partial charge in [0.25, 0.3) is 0 Å². The number of rotatable bonds is 7. The van der Waals surface area contributed by atoms with Gasteiger partial charge in [-0.1, -0.05) is 30.3 Å². The van der Waals surface area contributed by atoms with Crippen molar-refractivity contribution in [3.8, 4) is 0 Å². The maximum Gasteiger partial charge on any atom is 0.315 e. The van der Waals surface area contributed by atoms with Gasteiger partial charge in [0.05, 0.1) is 18.3 Å². The molecule has 2 amide bonds. The van der Waals surface area contributed by atoms with E-state index >= 15 is 0 Å². The lowest BCUT2D eigenvalue weighted by Crippen LogP contribution is -2.38. The van der Waals surface area contributed by atoms with Crippen molar-refractivity contribution in [3.63, 3.8) is 0 Å². The van der Waals surface area contributed by atoms with Crippen molar-refractivity contribution in [3.05, 3.63) is 47.0 Å². The third kappa shape index (κ3) is 5.22. The fourth-order valence-electron chi connectivity index (χ4n) is 2.10. The second-order valence-corrected chi connectivity index (χ2v) is 6.15. The van der Waals surface area contributed by atoms with Crippen LogP contribution in [0.4, 0.5) is 9.93 Å². The number of carbonyl (C=O) groups is 1. The van der Waals surface area contributed by atoms with Crippen LogP contribution < -0.4 is 15.5 Å². The van der Waals surface area contributed by atoms with E-state index in [1.165, 1.54) is 11.3 Å². The third-order valence-corrected chi connectivity index (χ3v) is 4.33. The van der Waals surface area contributed by atoms with Gasteiger partial charge >= 0.3 is 6.03 Å². The SMILES string of the molecule is CN(C)c1nc(CNC(=O)N[C@H](CCO)c2ccccc2)cs1. The predicted octanol–water partition coefficient (Wildman–Crippen LogP) is 2.13. The van der Waals surface area contributed by atoms with Crippen LogP contribution in [0.2, 0.25) is 0 Å². The Labute approximate surface area is 140 Å². The molecule has 0 unspecified atom stereocenters. The third-order valence-electron chi connectivity index (χ3n) is 3.28. The maximum absolute atomic E-state index is 12.1. The van der Waals surface area contributed by atoms with Crippen molar-refractivity contribution >= 4 is 22.5 Å². The maximum atomic E-state index is 12.1. The van der Waals surface area contributed by atoms with Crippen molar-refractivity contribution in [2.45, 2.75) is 19.0 Å². The minimum Gasteiger partial charge on any atom is -0.396 e. The van der Waals surface area contributed by atoms with Gasteiger partial charge in [0.1, 0.15) is 0 Å². The summed E-state index contributed by atoms with van der Waals surface area (Å²) in [7, 11) is 3.87. The molecule has 2 rings (SSSR count). The Morgan fingerprint density at radius 2 is 2.09 bits per heavy atom. The number of nitrogens with one attached hydrogen (secondary N) is 2. The topological polar surface area (TPSA) is 77.5 Å². The smallest absolute Gasteiger partial charge is 0.315 e. The van der Waals surface area contributed by atoms with E-state index in [1.807, 2.05) is 54.7 Å². The number of aliphatic hydroxyl groups excluding tert-OH is 1. The van der Waals surface area contributed by atoms with E-state index in [0.717, 1.165) is 16.4 Å². The van der Waals surface area contributed by atoms with Gasteiger partial charge in [-0.25, -0.2) is 9.78 Å². The first-order chi connectivity index (χ1) is 11.1. The summed E-state index contributed by atoms with van der Waals surface area (Å²) in [6.45, 7) is 0.384. The van der Waals surface area contributed by atoms with Gasteiger partial charge in [-0.2, -0.15) is 0 Å². The van der Waals surface area contributed by atoms with Crippen molar-refractivity contribution in [1.29, 1.82) is 0 Å². The Hall–Kier alpha value is -2.12. The lowest BCUT2D eigenvalue weighted by molar-refractivity contribution is 0.229. The molecule has 0 bridgehead atoms. The van der Waals surface area contributed by atoms with E-state index in [4.69, 9.17) is 0 Å². The molecule has 1 heterocycles. The van der Waals surface area contributed by atoms with Crippen molar-refractivity contribution in [2.24, 2.45) is 0 Å². The zero-order valence-electron chi connectivity index (χ0n) is 13.3. The average Bonchev–Trinajstić information content (AvgIpc) is 3.03. The van der Waals surface area contributed by atoms with Gasteiger partial charge < -0.3 is 20.6 Å². The van der Waals surface area contributed by atoms with Gasteiger partial charge in [-0.3, -0.25) is 0 Å². The van der Waals surface area contributed by atoms with Crippen LogP contribution in [0.5, 0.6) is 0 Å². The molecule has 0 aliphatic carbocycles. The molecule has 3 N–H and O–H groups in total. The van der Waals surface area contributed by atoms with Crippen molar-refractivity contribution in [2.75, 3.05) is 25.6 Å². The molecule has 6 nitrogen and oxygen atoms in total. The van der Waals surface area contributed by atoms with E-state index in [0.29, 0.717) is 13.0 Å². The summed E-state index contributed by atoms with van der Waals surface area (Å²) in [5.41, 5.74) is 1.80. The molecule has 1 aromatic carbocycles. The minimum absolute atomic E-state index is 0.0120. The molecule has 23 heavy (non-hydrogen) atoms. The Morgan fingerprint density at radius 3 is 2.70 bits per heavy atom. The number of aromatic nitrogens is 1. The highest BCUT2D eigenvalue weighted by atomic mass is 32.1. The van der Waals surface area contributed by atoms with Crippen LogP contribution in [-0.2, 0) is 6.54 Å². The Bertz CT molecular complexity index is 616. The number of urea groups is 1. The zero-order valence-corrected chi connectivity index (χ0v) is 14.1. The van der Waals surface area contributed by atoms with Gasteiger partial charge in [0.15, 0.2) is 5.13 Å². The highest BCUT2D eigenvalue weighted by molar-refractivity contribution is 7.13. The van der Waals surface area contributed by atoms with Crippen LogP contribution >= 0.6 is 11.3 Å². The number of hydrogen-bond donors (Lipinski definition) is 3. The highest BCUT2D eigenvalue weighted by Crippen LogP contribution is 2.18. The van der Waals surface area contributed by atoms with E-state index in [-0.39, 0.29) is 18.7 Å². The summed E-state index contributed by atoms with van der Waals surface area (Å²) in [6, 6.07) is 9.13. The molecule has 0 fully saturated rings. The van der Waals surface area contributed by atoms with Crippen LogP contribution in [0, 0.1) is 0 Å². The second-order valence-electron chi connectivity index (χ2n) is 5.32. The summed E-state index contributed by atoms with van der Waals surface area (Å²) in [5, 5.41) is 17.7. The zero-order chi connectivity index (χ0) is 16.7. The van der Waals surface area contributed by atoms with Gasteiger partial charge in [-0.05, 0) is 12.0 Å². The van der Waals surface area contributed by atoms with Crippen LogP contribution in [0.1, 0.15) is 23.7 Å². The first-order valence-electron chi connectivity index (χ1n) is 7.42. The first-order valence-corrected chi connectivity index (χ1v) is 8.30. The lowest BCUT2D eigenvalue weighted by Gasteiger charge is -2.18. The molecular formula is C16H22N4O2S. The summed E-state index contributed by atoms with van der Waals surface area (Å²) in [6.07, 6.45) is 0.471.